The van der Waals surface area contributed by atoms with Crippen LogP contribution in [0.5, 0.6) is 0 Å². The quantitative estimate of drug-likeness (QED) is 0.603. The molecule has 0 aromatic rings. The van der Waals surface area contributed by atoms with E-state index in [1.165, 1.54) is 57.8 Å². The van der Waals surface area contributed by atoms with Crippen LogP contribution in [0.4, 0.5) is 0 Å². The first-order valence-electron chi connectivity index (χ1n) is 10.7. The fourth-order valence-electron chi connectivity index (χ4n) is 5.14. The highest BCUT2D eigenvalue weighted by Crippen LogP contribution is 2.44. The van der Waals surface area contributed by atoms with E-state index < -0.39 is 0 Å². The Bertz CT molecular complexity index is 364. The van der Waals surface area contributed by atoms with E-state index in [9.17, 15) is 0 Å². The predicted molar refractivity (Wildman–Crippen MR) is 109 cm³/mol. The van der Waals surface area contributed by atoms with Gasteiger partial charge < -0.3 is 10.6 Å². The first-order valence-corrected chi connectivity index (χ1v) is 11.1. The molecule has 2 N–H and O–H groups in total. The second-order valence-corrected chi connectivity index (χ2v) is 8.83. The summed E-state index contributed by atoms with van der Waals surface area (Å²) in [6, 6.07) is 1.03. The third-order valence-corrected chi connectivity index (χ3v) is 7.12. The molecule has 0 radical (unpaired) electrons. The van der Waals surface area contributed by atoms with Crippen molar-refractivity contribution in [2.75, 3.05) is 0 Å². The summed E-state index contributed by atoms with van der Waals surface area (Å²) in [7, 11) is 0. The van der Waals surface area contributed by atoms with E-state index in [-0.39, 0.29) is 0 Å². The summed E-state index contributed by atoms with van der Waals surface area (Å²) < 4.78 is 0. The van der Waals surface area contributed by atoms with Gasteiger partial charge in [-0.2, -0.15) is 0 Å². The Hall–Kier alpha value is -0.310. The Morgan fingerprint density at radius 3 is 2.04 bits per heavy atom. The van der Waals surface area contributed by atoms with E-state index in [0.717, 1.165) is 35.2 Å². The van der Waals surface area contributed by atoms with Gasteiger partial charge in [-0.15, -0.1) is 0 Å². The van der Waals surface area contributed by atoms with E-state index in [4.69, 9.17) is 12.2 Å². The molecule has 0 aromatic carbocycles. The molecule has 0 amide bonds. The van der Waals surface area contributed by atoms with Crippen LogP contribution in [0.3, 0.4) is 0 Å². The van der Waals surface area contributed by atoms with Crippen LogP contribution in [0.1, 0.15) is 91.9 Å². The van der Waals surface area contributed by atoms with Gasteiger partial charge in [0, 0.05) is 12.1 Å². The largest absolute Gasteiger partial charge is 0.360 e. The van der Waals surface area contributed by atoms with E-state index in [1.807, 2.05) is 0 Å². The Balaban J connectivity index is 1.98. The van der Waals surface area contributed by atoms with Crippen molar-refractivity contribution in [3.63, 3.8) is 0 Å². The molecule has 0 spiro atoms. The predicted octanol–water partition coefficient (Wildman–Crippen LogP) is 5.66. The maximum atomic E-state index is 5.61. The average molecular weight is 353 g/mol. The second kappa shape index (κ2) is 9.99. The van der Waals surface area contributed by atoms with Crippen molar-refractivity contribution in [1.82, 2.24) is 10.6 Å². The van der Waals surface area contributed by atoms with E-state index in [2.05, 4.69) is 38.3 Å². The van der Waals surface area contributed by atoms with Crippen molar-refractivity contribution in [2.24, 2.45) is 23.7 Å². The van der Waals surface area contributed by atoms with Crippen molar-refractivity contribution in [3.05, 3.63) is 0 Å². The zero-order valence-corrected chi connectivity index (χ0v) is 17.3. The van der Waals surface area contributed by atoms with Crippen molar-refractivity contribution in [1.29, 1.82) is 0 Å². The van der Waals surface area contributed by atoms with Gasteiger partial charge in [-0.3, -0.25) is 0 Å². The highest BCUT2D eigenvalue weighted by atomic mass is 32.1. The summed E-state index contributed by atoms with van der Waals surface area (Å²) in [5.41, 5.74) is 0. The van der Waals surface area contributed by atoms with Gasteiger partial charge in [-0.05, 0) is 62.1 Å². The molecule has 3 atom stereocenters. The molecule has 2 nitrogen and oxygen atoms in total. The molecular formula is C21H40N2S. The van der Waals surface area contributed by atoms with Gasteiger partial charge in [0.1, 0.15) is 0 Å². The molecule has 2 saturated carbocycles. The minimum Gasteiger partial charge on any atom is -0.360 e. The van der Waals surface area contributed by atoms with Crippen molar-refractivity contribution in [2.45, 2.75) is 104 Å². The summed E-state index contributed by atoms with van der Waals surface area (Å²) in [6.45, 7) is 9.17. The first-order chi connectivity index (χ1) is 11.6. The topological polar surface area (TPSA) is 24.1 Å². The average Bonchev–Trinajstić information content (AvgIpc) is 2.62. The van der Waals surface area contributed by atoms with Crippen LogP contribution in [-0.2, 0) is 0 Å². The summed E-state index contributed by atoms with van der Waals surface area (Å²) in [6.07, 6.45) is 13.9. The van der Waals surface area contributed by atoms with E-state index >= 15 is 0 Å². The van der Waals surface area contributed by atoms with Crippen LogP contribution in [0.25, 0.3) is 0 Å². The molecule has 0 bridgehead atoms. The van der Waals surface area contributed by atoms with E-state index in [1.54, 1.807) is 0 Å². The standard InChI is InChI=1S/C21H40N2S/c1-5-15(4)22-21(24)23-20-16(6-2)13-19(14-17(20)7-3)18-11-9-8-10-12-18/h15-20H,5-14H2,1-4H3,(H2,22,23,24). The number of nitrogens with one attached hydrogen (secondary N) is 2. The molecule has 3 heteroatoms. The van der Waals surface area contributed by atoms with Crippen molar-refractivity contribution in [3.8, 4) is 0 Å². The molecule has 0 saturated heterocycles. The van der Waals surface area contributed by atoms with Gasteiger partial charge in [-0.1, -0.05) is 65.7 Å². The molecule has 2 aliphatic carbocycles. The molecule has 2 rings (SSSR count). The Kier molecular flexibility index (Phi) is 8.33. The van der Waals surface area contributed by atoms with Gasteiger partial charge in [0.25, 0.3) is 0 Å². The van der Waals surface area contributed by atoms with Crippen LogP contribution in [-0.4, -0.2) is 17.2 Å². The van der Waals surface area contributed by atoms with Crippen LogP contribution < -0.4 is 10.6 Å². The van der Waals surface area contributed by atoms with Crippen molar-refractivity contribution >= 4 is 17.3 Å². The second-order valence-electron chi connectivity index (χ2n) is 8.42. The fraction of sp³-hybridized carbons (Fsp3) is 0.952. The fourth-order valence-corrected chi connectivity index (χ4v) is 5.48. The zero-order chi connectivity index (χ0) is 17.5. The lowest BCUT2D eigenvalue weighted by Gasteiger charge is -2.45. The lowest BCUT2D eigenvalue weighted by atomic mass is 9.64. The molecule has 24 heavy (non-hydrogen) atoms. The Morgan fingerprint density at radius 1 is 0.958 bits per heavy atom. The molecule has 2 fully saturated rings. The Morgan fingerprint density at radius 2 is 1.54 bits per heavy atom. The highest BCUT2D eigenvalue weighted by molar-refractivity contribution is 7.80. The highest BCUT2D eigenvalue weighted by Gasteiger charge is 2.39. The van der Waals surface area contributed by atoms with Crippen LogP contribution in [0, 0.1) is 23.7 Å². The molecule has 140 valence electrons. The molecule has 2 aliphatic rings. The van der Waals surface area contributed by atoms with Crippen LogP contribution in [0.15, 0.2) is 0 Å². The zero-order valence-electron chi connectivity index (χ0n) is 16.4. The molecule has 3 unspecified atom stereocenters. The number of rotatable bonds is 6. The van der Waals surface area contributed by atoms with Gasteiger partial charge in [-0.25, -0.2) is 0 Å². The lowest BCUT2D eigenvalue weighted by Crippen LogP contribution is -2.53. The third kappa shape index (κ3) is 5.34. The maximum Gasteiger partial charge on any atom is 0.166 e. The maximum absolute atomic E-state index is 5.61. The normalized spacial score (nSPS) is 33.0. The summed E-state index contributed by atoms with van der Waals surface area (Å²) in [4.78, 5) is 0. The van der Waals surface area contributed by atoms with Gasteiger partial charge in [0.15, 0.2) is 5.11 Å². The smallest absolute Gasteiger partial charge is 0.166 e. The SMILES string of the molecule is CCC(C)NC(=S)NC1C(CC)CC(C2CCCCC2)CC1CC. The minimum absolute atomic E-state index is 0.462. The minimum atomic E-state index is 0.462. The van der Waals surface area contributed by atoms with Crippen molar-refractivity contribution < 1.29 is 0 Å². The number of hydrogen-bond acceptors (Lipinski definition) is 1. The first kappa shape index (κ1) is 20.0. The number of hydrogen-bond donors (Lipinski definition) is 2. The molecule has 0 aliphatic heterocycles. The summed E-state index contributed by atoms with van der Waals surface area (Å²) in [5, 5.41) is 8.07. The number of thiocarbonyl (C=S) groups is 1. The molecule has 0 heterocycles. The van der Waals surface area contributed by atoms with Gasteiger partial charge in [0.05, 0.1) is 0 Å². The Labute approximate surface area is 155 Å². The van der Waals surface area contributed by atoms with Gasteiger partial charge >= 0.3 is 0 Å². The molecule has 0 aromatic heterocycles. The molecular weight excluding hydrogens is 312 g/mol. The van der Waals surface area contributed by atoms with E-state index in [0.29, 0.717) is 12.1 Å². The third-order valence-electron chi connectivity index (χ3n) is 6.88. The van der Waals surface area contributed by atoms with Gasteiger partial charge in [0.2, 0.25) is 0 Å². The van der Waals surface area contributed by atoms with Crippen LogP contribution in [0.2, 0.25) is 0 Å². The van der Waals surface area contributed by atoms with Crippen LogP contribution >= 0.6 is 12.2 Å². The monoisotopic (exact) mass is 352 g/mol. The summed E-state index contributed by atoms with van der Waals surface area (Å²) >= 11 is 5.61. The lowest BCUT2D eigenvalue weighted by molar-refractivity contribution is 0.0870. The summed E-state index contributed by atoms with van der Waals surface area (Å²) in [5.74, 6) is 3.54.